The van der Waals surface area contributed by atoms with Crippen molar-refractivity contribution in [2.75, 3.05) is 18.0 Å². The van der Waals surface area contributed by atoms with Crippen LogP contribution in [0.1, 0.15) is 26.7 Å². The minimum absolute atomic E-state index is 0.317. The van der Waals surface area contributed by atoms with E-state index in [1.807, 2.05) is 19.1 Å². The zero-order valence-electron chi connectivity index (χ0n) is 11.7. The molecule has 0 aromatic heterocycles. The van der Waals surface area contributed by atoms with E-state index in [2.05, 4.69) is 42.2 Å². The quantitative estimate of drug-likeness (QED) is 0.776. The average Bonchev–Trinajstić information content (AvgIpc) is 2.44. The number of rotatable bonds is 6. The lowest BCUT2D eigenvalue weighted by atomic mass is 10.1. The van der Waals surface area contributed by atoms with Gasteiger partial charge in [-0.3, -0.25) is 4.79 Å². The SMILES string of the molecule is CCCC(=O)CN(CC)c1cccc2ccccc12. The molecule has 0 saturated heterocycles. The standard InChI is InChI=1S/C17H21NO/c1-3-8-15(19)13-18(4-2)17-12-7-10-14-9-5-6-11-16(14)17/h5-7,9-12H,3-4,8,13H2,1-2H3. The lowest BCUT2D eigenvalue weighted by Gasteiger charge is -2.24. The number of likely N-dealkylation sites (N-methyl/N-ethyl adjacent to an activating group) is 1. The molecule has 2 heteroatoms. The topological polar surface area (TPSA) is 20.3 Å². The minimum Gasteiger partial charge on any atom is -0.364 e. The van der Waals surface area contributed by atoms with E-state index < -0.39 is 0 Å². The van der Waals surface area contributed by atoms with E-state index in [-0.39, 0.29) is 0 Å². The maximum atomic E-state index is 11.9. The van der Waals surface area contributed by atoms with Gasteiger partial charge in [-0.15, -0.1) is 0 Å². The number of carbonyl (C=O) groups is 1. The lowest BCUT2D eigenvalue weighted by Crippen LogP contribution is -2.29. The molecule has 0 N–H and O–H groups in total. The van der Waals surface area contributed by atoms with Crippen LogP contribution in [-0.4, -0.2) is 18.9 Å². The molecule has 0 bridgehead atoms. The highest BCUT2D eigenvalue weighted by atomic mass is 16.1. The molecule has 0 fully saturated rings. The van der Waals surface area contributed by atoms with Crippen LogP contribution in [0.3, 0.4) is 0 Å². The van der Waals surface area contributed by atoms with E-state index in [1.54, 1.807) is 0 Å². The van der Waals surface area contributed by atoms with Gasteiger partial charge in [-0.25, -0.2) is 0 Å². The second kappa shape index (κ2) is 6.37. The van der Waals surface area contributed by atoms with Gasteiger partial charge in [0.25, 0.3) is 0 Å². The molecule has 2 nitrogen and oxygen atoms in total. The normalized spacial score (nSPS) is 10.6. The van der Waals surface area contributed by atoms with Crippen molar-refractivity contribution < 1.29 is 4.79 Å². The molecule has 0 saturated carbocycles. The third kappa shape index (κ3) is 3.14. The van der Waals surface area contributed by atoms with Gasteiger partial charge in [0.1, 0.15) is 0 Å². The van der Waals surface area contributed by atoms with Crippen molar-refractivity contribution in [3.05, 3.63) is 42.5 Å². The molecule has 0 heterocycles. The fourth-order valence-electron chi connectivity index (χ4n) is 2.42. The maximum absolute atomic E-state index is 11.9. The van der Waals surface area contributed by atoms with Gasteiger partial charge in [-0.2, -0.15) is 0 Å². The van der Waals surface area contributed by atoms with Crippen molar-refractivity contribution in [2.24, 2.45) is 0 Å². The highest BCUT2D eigenvalue weighted by molar-refractivity contribution is 5.96. The van der Waals surface area contributed by atoms with Crippen molar-refractivity contribution in [3.63, 3.8) is 0 Å². The molecule has 0 aliphatic heterocycles. The molecule has 2 rings (SSSR count). The summed E-state index contributed by atoms with van der Waals surface area (Å²) < 4.78 is 0. The van der Waals surface area contributed by atoms with E-state index in [1.165, 1.54) is 10.8 Å². The Kier molecular flexibility index (Phi) is 4.56. The number of anilines is 1. The summed E-state index contributed by atoms with van der Waals surface area (Å²) in [5.74, 6) is 0.317. The van der Waals surface area contributed by atoms with Gasteiger partial charge in [0.2, 0.25) is 0 Å². The first-order chi connectivity index (χ1) is 9.26. The van der Waals surface area contributed by atoms with E-state index in [0.717, 1.165) is 18.7 Å². The van der Waals surface area contributed by atoms with E-state index in [0.29, 0.717) is 18.7 Å². The molecule has 0 amide bonds. The second-order valence-electron chi connectivity index (χ2n) is 4.80. The van der Waals surface area contributed by atoms with Crippen LogP contribution in [0.5, 0.6) is 0 Å². The van der Waals surface area contributed by atoms with Crippen LogP contribution in [0.2, 0.25) is 0 Å². The molecule has 100 valence electrons. The van der Waals surface area contributed by atoms with Crippen molar-refractivity contribution >= 4 is 22.2 Å². The summed E-state index contributed by atoms with van der Waals surface area (Å²) in [6.45, 7) is 5.51. The van der Waals surface area contributed by atoms with Crippen LogP contribution < -0.4 is 4.90 Å². The Hall–Kier alpha value is -1.83. The molecule has 0 aliphatic rings. The number of benzene rings is 2. The van der Waals surface area contributed by atoms with Gasteiger partial charge in [0.05, 0.1) is 6.54 Å². The summed E-state index contributed by atoms with van der Waals surface area (Å²) in [5.41, 5.74) is 1.16. The summed E-state index contributed by atoms with van der Waals surface area (Å²) in [4.78, 5) is 14.0. The number of carbonyl (C=O) groups excluding carboxylic acids is 1. The van der Waals surface area contributed by atoms with Gasteiger partial charge in [-0.1, -0.05) is 43.3 Å². The molecule has 19 heavy (non-hydrogen) atoms. The molecular formula is C17H21NO. The first-order valence-electron chi connectivity index (χ1n) is 7.00. The number of ketones is 1. The monoisotopic (exact) mass is 255 g/mol. The minimum atomic E-state index is 0.317. The Morgan fingerprint density at radius 2 is 1.79 bits per heavy atom. The molecule has 0 atom stereocenters. The van der Waals surface area contributed by atoms with Crippen LogP contribution in [0.25, 0.3) is 10.8 Å². The first kappa shape index (κ1) is 13.6. The number of hydrogen-bond donors (Lipinski definition) is 0. The van der Waals surface area contributed by atoms with E-state index in [4.69, 9.17) is 0 Å². The third-order valence-electron chi connectivity index (χ3n) is 3.39. The smallest absolute Gasteiger partial charge is 0.152 e. The Balaban J connectivity index is 2.32. The van der Waals surface area contributed by atoms with Crippen molar-refractivity contribution in [3.8, 4) is 0 Å². The summed E-state index contributed by atoms with van der Waals surface area (Å²) in [7, 11) is 0. The number of hydrogen-bond acceptors (Lipinski definition) is 2. The van der Waals surface area contributed by atoms with Crippen molar-refractivity contribution in [2.45, 2.75) is 26.7 Å². The van der Waals surface area contributed by atoms with Gasteiger partial charge in [-0.05, 0) is 24.8 Å². The van der Waals surface area contributed by atoms with Crippen LogP contribution in [0, 0.1) is 0 Å². The van der Waals surface area contributed by atoms with Gasteiger partial charge < -0.3 is 4.90 Å². The molecule has 0 radical (unpaired) electrons. The molecule has 0 unspecified atom stereocenters. The summed E-state index contributed by atoms with van der Waals surface area (Å²) in [6, 6.07) is 14.6. The Morgan fingerprint density at radius 3 is 2.53 bits per heavy atom. The van der Waals surface area contributed by atoms with E-state index >= 15 is 0 Å². The molecule has 0 aliphatic carbocycles. The van der Waals surface area contributed by atoms with Crippen molar-refractivity contribution in [1.82, 2.24) is 0 Å². The summed E-state index contributed by atoms with van der Waals surface area (Å²) in [6.07, 6.45) is 1.59. The van der Waals surface area contributed by atoms with E-state index in [9.17, 15) is 4.79 Å². The molecule has 0 spiro atoms. The number of Topliss-reactive ketones (excluding diaryl/α,β-unsaturated/α-hetero) is 1. The van der Waals surface area contributed by atoms with Crippen LogP contribution in [0.4, 0.5) is 5.69 Å². The Labute approximate surface area is 115 Å². The highest BCUT2D eigenvalue weighted by Crippen LogP contribution is 2.26. The fraction of sp³-hybridized carbons (Fsp3) is 0.353. The van der Waals surface area contributed by atoms with Gasteiger partial charge in [0, 0.05) is 24.0 Å². The summed E-state index contributed by atoms with van der Waals surface area (Å²) in [5, 5.41) is 2.44. The predicted molar refractivity (Wildman–Crippen MR) is 81.8 cm³/mol. The van der Waals surface area contributed by atoms with Crippen molar-refractivity contribution in [1.29, 1.82) is 0 Å². The zero-order valence-corrected chi connectivity index (χ0v) is 11.7. The number of nitrogens with zero attached hydrogens (tertiary/aromatic N) is 1. The summed E-state index contributed by atoms with van der Waals surface area (Å²) >= 11 is 0. The van der Waals surface area contributed by atoms with Crippen LogP contribution in [-0.2, 0) is 4.79 Å². The maximum Gasteiger partial charge on any atom is 0.152 e. The fourth-order valence-corrected chi connectivity index (χ4v) is 2.42. The Bertz CT molecular complexity index is 557. The van der Waals surface area contributed by atoms with Gasteiger partial charge in [0.15, 0.2) is 5.78 Å². The van der Waals surface area contributed by atoms with Crippen LogP contribution >= 0.6 is 0 Å². The first-order valence-corrected chi connectivity index (χ1v) is 7.00. The Morgan fingerprint density at radius 1 is 1.05 bits per heavy atom. The van der Waals surface area contributed by atoms with Crippen LogP contribution in [0.15, 0.2) is 42.5 Å². The zero-order chi connectivity index (χ0) is 13.7. The number of fused-ring (bicyclic) bond motifs is 1. The second-order valence-corrected chi connectivity index (χ2v) is 4.80. The third-order valence-corrected chi connectivity index (χ3v) is 3.39. The van der Waals surface area contributed by atoms with Gasteiger partial charge >= 0.3 is 0 Å². The molecule has 2 aromatic rings. The highest BCUT2D eigenvalue weighted by Gasteiger charge is 2.11. The average molecular weight is 255 g/mol. The molecular weight excluding hydrogens is 234 g/mol. The molecule has 2 aromatic carbocycles. The predicted octanol–water partition coefficient (Wildman–Crippen LogP) is 4.04. The largest absolute Gasteiger partial charge is 0.364 e. The lowest BCUT2D eigenvalue weighted by molar-refractivity contribution is -0.117.